The number of carbonyl (C=O) groups is 3. The summed E-state index contributed by atoms with van der Waals surface area (Å²) in [6, 6.07) is 15.3. The van der Waals surface area contributed by atoms with Gasteiger partial charge in [0.25, 0.3) is 0 Å². The van der Waals surface area contributed by atoms with Crippen LogP contribution in [0.2, 0.25) is 5.02 Å². The smallest absolute Gasteiger partial charge is 0.246 e. The lowest BCUT2D eigenvalue weighted by Gasteiger charge is -2.35. The number of para-hydroxylation sites is 1. The first-order chi connectivity index (χ1) is 16.9. The number of fused-ring (bicyclic) bond motifs is 1. The van der Waals surface area contributed by atoms with Crippen molar-refractivity contribution in [2.24, 2.45) is 11.8 Å². The van der Waals surface area contributed by atoms with Gasteiger partial charge in [-0.15, -0.1) is 0 Å². The minimum absolute atomic E-state index is 0.192. The number of ether oxygens (including phenoxy) is 1. The molecule has 2 fully saturated rings. The molecule has 3 amide bonds. The number of nitrogens with one attached hydrogen (secondary N) is 2. The number of carbonyl (C=O) groups excluding carboxylic acids is 3. The number of benzene rings is 2. The summed E-state index contributed by atoms with van der Waals surface area (Å²) in [4.78, 5) is 42.9. The highest BCUT2D eigenvalue weighted by atomic mass is 35.5. The lowest BCUT2D eigenvalue weighted by molar-refractivity contribution is -0.145. The van der Waals surface area contributed by atoms with E-state index in [1.165, 1.54) is 0 Å². The highest BCUT2D eigenvalue weighted by Crippen LogP contribution is 2.60. The number of nitrogens with zero attached hydrogens (tertiary/aromatic N) is 1. The zero-order valence-electron chi connectivity index (χ0n) is 20.7. The molecule has 2 aromatic rings. The van der Waals surface area contributed by atoms with E-state index in [1.807, 2.05) is 63.3 Å². The maximum absolute atomic E-state index is 14.1. The molecule has 3 aliphatic heterocycles. The van der Waals surface area contributed by atoms with Gasteiger partial charge in [0.1, 0.15) is 11.6 Å². The number of halogens is 1. The SMILES string of the molecule is CC(C)(C)NC(=O)[C@H]1N(Cc2ccc(Cl)cc2)C(=O)[C@@H]2[C@H](C(=O)Nc3ccccc3)[C@@]3(C)C=C[C@@]21O3. The molecule has 36 heavy (non-hydrogen) atoms. The summed E-state index contributed by atoms with van der Waals surface area (Å²) in [7, 11) is 0. The molecular formula is C28H30ClN3O4. The van der Waals surface area contributed by atoms with E-state index in [2.05, 4.69) is 10.6 Å². The number of rotatable bonds is 5. The molecule has 5 rings (SSSR count). The van der Waals surface area contributed by atoms with Crippen LogP contribution in [0.1, 0.15) is 33.3 Å². The molecule has 2 aromatic carbocycles. The van der Waals surface area contributed by atoms with Crippen molar-refractivity contribution in [3.63, 3.8) is 0 Å². The third-order valence-corrected chi connectivity index (χ3v) is 7.39. The van der Waals surface area contributed by atoms with Crippen molar-refractivity contribution >= 4 is 35.0 Å². The van der Waals surface area contributed by atoms with Crippen molar-refractivity contribution in [1.82, 2.24) is 10.2 Å². The Morgan fingerprint density at radius 2 is 1.69 bits per heavy atom. The molecule has 8 heteroatoms. The van der Waals surface area contributed by atoms with Crippen molar-refractivity contribution < 1.29 is 19.1 Å². The van der Waals surface area contributed by atoms with Gasteiger partial charge in [-0.25, -0.2) is 0 Å². The fraction of sp³-hybridized carbons (Fsp3) is 0.393. The number of hydrogen-bond donors (Lipinski definition) is 2. The highest BCUT2D eigenvalue weighted by molar-refractivity contribution is 6.30. The van der Waals surface area contributed by atoms with Crippen LogP contribution in [0.15, 0.2) is 66.7 Å². The fourth-order valence-electron chi connectivity index (χ4n) is 5.77. The Kier molecular flexibility index (Phi) is 5.76. The van der Waals surface area contributed by atoms with Crippen LogP contribution in [0.25, 0.3) is 0 Å². The first-order valence-electron chi connectivity index (χ1n) is 12.1. The Bertz CT molecular complexity index is 1240. The van der Waals surface area contributed by atoms with Crippen LogP contribution in [0.4, 0.5) is 5.69 Å². The Labute approximate surface area is 215 Å². The van der Waals surface area contributed by atoms with Crippen LogP contribution in [0.3, 0.4) is 0 Å². The third kappa shape index (κ3) is 4.00. The van der Waals surface area contributed by atoms with Gasteiger partial charge in [-0.05, 0) is 57.5 Å². The summed E-state index contributed by atoms with van der Waals surface area (Å²) >= 11 is 6.05. The Hall–Kier alpha value is -3.16. The number of amides is 3. The van der Waals surface area contributed by atoms with Crippen LogP contribution >= 0.6 is 11.6 Å². The van der Waals surface area contributed by atoms with Crippen molar-refractivity contribution in [2.45, 2.75) is 57.0 Å². The quantitative estimate of drug-likeness (QED) is 0.600. The molecule has 2 N–H and O–H groups in total. The summed E-state index contributed by atoms with van der Waals surface area (Å²) in [5.74, 6) is -2.53. The van der Waals surface area contributed by atoms with Gasteiger partial charge in [-0.1, -0.05) is 54.1 Å². The van der Waals surface area contributed by atoms with Gasteiger partial charge in [0.15, 0.2) is 0 Å². The second-order valence-corrected chi connectivity index (χ2v) is 11.5. The Morgan fingerprint density at radius 3 is 2.33 bits per heavy atom. The second kappa shape index (κ2) is 8.46. The largest absolute Gasteiger partial charge is 0.356 e. The van der Waals surface area contributed by atoms with Gasteiger partial charge in [0.2, 0.25) is 17.7 Å². The fourth-order valence-corrected chi connectivity index (χ4v) is 5.89. The first-order valence-corrected chi connectivity index (χ1v) is 12.4. The average molecular weight is 508 g/mol. The van der Waals surface area contributed by atoms with E-state index in [0.717, 1.165) is 5.56 Å². The molecule has 2 bridgehead atoms. The van der Waals surface area contributed by atoms with E-state index >= 15 is 0 Å². The summed E-state index contributed by atoms with van der Waals surface area (Å²) < 4.78 is 6.53. The van der Waals surface area contributed by atoms with Crippen LogP contribution in [-0.2, 0) is 25.7 Å². The van der Waals surface area contributed by atoms with E-state index in [0.29, 0.717) is 10.7 Å². The van der Waals surface area contributed by atoms with Gasteiger partial charge in [0, 0.05) is 22.8 Å². The predicted molar refractivity (Wildman–Crippen MR) is 137 cm³/mol. The van der Waals surface area contributed by atoms with Crippen molar-refractivity contribution in [3.05, 3.63) is 77.3 Å². The molecule has 2 saturated heterocycles. The van der Waals surface area contributed by atoms with Crippen LogP contribution < -0.4 is 10.6 Å². The van der Waals surface area contributed by atoms with Crippen LogP contribution in [0, 0.1) is 11.8 Å². The molecule has 0 aliphatic carbocycles. The summed E-state index contributed by atoms with van der Waals surface area (Å²) in [5, 5.41) is 6.55. The first kappa shape index (κ1) is 24.5. The lowest BCUT2D eigenvalue weighted by Crippen LogP contribution is -2.57. The third-order valence-electron chi connectivity index (χ3n) is 7.13. The molecule has 7 nitrogen and oxygen atoms in total. The van der Waals surface area contributed by atoms with E-state index in [4.69, 9.17) is 16.3 Å². The molecular weight excluding hydrogens is 478 g/mol. The minimum Gasteiger partial charge on any atom is -0.356 e. The monoisotopic (exact) mass is 507 g/mol. The topological polar surface area (TPSA) is 87.7 Å². The highest BCUT2D eigenvalue weighted by Gasteiger charge is 2.76. The summed E-state index contributed by atoms with van der Waals surface area (Å²) in [5.41, 5.74) is -1.31. The minimum atomic E-state index is -1.24. The molecule has 0 radical (unpaired) electrons. The van der Waals surface area contributed by atoms with Crippen LogP contribution in [0.5, 0.6) is 0 Å². The van der Waals surface area contributed by atoms with Crippen LogP contribution in [-0.4, -0.2) is 45.4 Å². The maximum atomic E-state index is 14.1. The van der Waals surface area contributed by atoms with Crippen molar-refractivity contribution in [3.8, 4) is 0 Å². The second-order valence-electron chi connectivity index (χ2n) is 11.0. The van der Waals surface area contributed by atoms with Crippen molar-refractivity contribution in [2.75, 3.05) is 5.32 Å². The number of hydrogen-bond acceptors (Lipinski definition) is 4. The van der Waals surface area contributed by atoms with Gasteiger partial charge in [-0.3, -0.25) is 14.4 Å². The molecule has 3 heterocycles. The molecule has 1 spiro atoms. The molecule has 188 valence electrons. The molecule has 3 aliphatic rings. The molecule has 5 atom stereocenters. The van der Waals surface area contributed by atoms with E-state index in [-0.39, 0.29) is 24.3 Å². The number of likely N-dealkylation sites (tertiary alicyclic amines) is 1. The van der Waals surface area contributed by atoms with E-state index in [1.54, 1.807) is 36.1 Å². The lowest BCUT2D eigenvalue weighted by atomic mass is 9.70. The van der Waals surface area contributed by atoms with Gasteiger partial charge < -0.3 is 20.3 Å². The number of anilines is 1. The normalized spacial score (nSPS) is 30.4. The Morgan fingerprint density at radius 1 is 1.03 bits per heavy atom. The van der Waals surface area contributed by atoms with Crippen molar-refractivity contribution in [1.29, 1.82) is 0 Å². The van der Waals surface area contributed by atoms with E-state index < -0.39 is 34.6 Å². The van der Waals surface area contributed by atoms with Gasteiger partial charge in [0.05, 0.1) is 17.4 Å². The molecule has 0 unspecified atom stereocenters. The summed E-state index contributed by atoms with van der Waals surface area (Å²) in [6.07, 6.45) is 3.64. The van der Waals surface area contributed by atoms with Gasteiger partial charge >= 0.3 is 0 Å². The van der Waals surface area contributed by atoms with E-state index in [9.17, 15) is 14.4 Å². The van der Waals surface area contributed by atoms with Gasteiger partial charge in [-0.2, -0.15) is 0 Å². The Balaban J connectivity index is 1.54. The molecule has 0 aromatic heterocycles. The summed E-state index contributed by atoms with van der Waals surface area (Å²) in [6.45, 7) is 7.67. The molecule has 0 saturated carbocycles. The zero-order valence-corrected chi connectivity index (χ0v) is 21.5. The average Bonchev–Trinajstić information content (AvgIpc) is 3.36. The standard InChI is InChI=1S/C28H30ClN3O4/c1-26(2,3)31-24(34)22-28-15-14-27(4,36-28)20(23(33)30-19-8-6-5-7-9-19)21(28)25(35)32(22)16-17-10-12-18(29)13-11-17/h5-15,20-22H,16H2,1-4H3,(H,30,33)(H,31,34)/t20-,21+,22-,27-,28-/m1/s1. The predicted octanol–water partition coefficient (Wildman–Crippen LogP) is 3.93. The maximum Gasteiger partial charge on any atom is 0.246 e. The zero-order chi connectivity index (χ0) is 25.9.